The Hall–Kier alpha value is -1.52. The van der Waals surface area contributed by atoms with Gasteiger partial charge in [0.05, 0.1) is 32.7 Å². The van der Waals surface area contributed by atoms with E-state index in [1.807, 2.05) is 12.1 Å². The Labute approximate surface area is 185 Å². The zero-order valence-corrected chi connectivity index (χ0v) is 18.8. The highest BCUT2D eigenvalue weighted by atomic mass is 35.5. The summed E-state index contributed by atoms with van der Waals surface area (Å²) in [7, 11) is 0. The van der Waals surface area contributed by atoms with E-state index in [1.54, 1.807) is 4.90 Å². The molecule has 1 N–H and O–H groups in total. The first kappa shape index (κ1) is 20.4. The van der Waals surface area contributed by atoms with Crippen LogP contribution in [0.25, 0.3) is 0 Å². The Morgan fingerprint density at radius 3 is 2.73 bits per heavy atom. The summed E-state index contributed by atoms with van der Waals surface area (Å²) in [6.45, 7) is 11.9. The Balaban J connectivity index is 1.22. The molecule has 0 amide bonds. The van der Waals surface area contributed by atoms with Gasteiger partial charge in [0, 0.05) is 16.6 Å². The van der Waals surface area contributed by atoms with Crippen LogP contribution < -0.4 is 9.80 Å². The van der Waals surface area contributed by atoms with E-state index in [9.17, 15) is 4.79 Å². The first-order valence-electron chi connectivity index (χ1n) is 11.7. The van der Waals surface area contributed by atoms with Crippen molar-refractivity contribution in [1.82, 2.24) is 0 Å². The molecule has 0 spiro atoms. The maximum absolute atomic E-state index is 12.8. The summed E-state index contributed by atoms with van der Waals surface area (Å²) >= 11 is 6.03. The fourth-order valence-electron chi connectivity index (χ4n) is 6.74. The standard InChI is InChI=1S/C25H33ClN2O2/c1-17-4-3-9-25(2)15-23-20(14-22(17)25)21(24(29)30-23)16-27-10-12-28(13-11-27)19-7-5-18(26)6-8-19/h5-8,20-23H,1,3-4,9-16H2,2H3/p+1/t20-,21+,22+,23-,25-/m1/s1. The van der Waals surface area contributed by atoms with Crippen LogP contribution in [-0.4, -0.2) is 44.8 Å². The van der Waals surface area contributed by atoms with Gasteiger partial charge in [0.15, 0.2) is 0 Å². The second-order valence-electron chi connectivity index (χ2n) is 10.3. The topological polar surface area (TPSA) is 34.0 Å². The number of halogens is 1. The summed E-state index contributed by atoms with van der Waals surface area (Å²) in [6, 6.07) is 8.12. The van der Waals surface area contributed by atoms with Crippen LogP contribution in [0.5, 0.6) is 0 Å². The predicted molar refractivity (Wildman–Crippen MR) is 120 cm³/mol. The third kappa shape index (κ3) is 3.67. The number of carbonyl (C=O) groups is 1. The number of allylic oxidation sites excluding steroid dienone is 1. The quantitative estimate of drug-likeness (QED) is 0.591. The van der Waals surface area contributed by atoms with Gasteiger partial charge in [-0.05, 0) is 67.7 Å². The molecule has 2 saturated carbocycles. The smallest absolute Gasteiger partial charge is 0.315 e. The molecule has 4 fully saturated rings. The number of nitrogens with zero attached hydrogens (tertiary/aromatic N) is 1. The monoisotopic (exact) mass is 429 g/mol. The van der Waals surface area contributed by atoms with E-state index in [1.165, 1.54) is 24.1 Å². The van der Waals surface area contributed by atoms with Crippen molar-refractivity contribution in [2.24, 2.45) is 23.2 Å². The lowest BCUT2D eigenvalue weighted by molar-refractivity contribution is -0.903. The van der Waals surface area contributed by atoms with Gasteiger partial charge in [-0.15, -0.1) is 0 Å². The minimum absolute atomic E-state index is 0.0606. The van der Waals surface area contributed by atoms with E-state index in [4.69, 9.17) is 16.3 Å². The van der Waals surface area contributed by atoms with Crippen molar-refractivity contribution in [3.8, 4) is 0 Å². The second-order valence-corrected chi connectivity index (χ2v) is 10.8. The van der Waals surface area contributed by atoms with Gasteiger partial charge < -0.3 is 14.5 Å². The maximum atomic E-state index is 12.8. The highest BCUT2D eigenvalue weighted by Crippen LogP contribution is 2.56. The van der Waals surface area contributed by atoms with E-state index in [0.717, 1.165) is 57.0 Å². The van der Waals surface area contributed by atoms with Crippen LogP contribution in [0.15, 0.2) is 36.4 Å². The number of piperazine rings is 1. The summed E-state index contributed by atoms with van der Waals surface area (Å²) in [4.78, 5) is 16.8. The minimum atomic E-state index is 0.0606. The van der Waals surface area contributed by atoms with Gasteiger partial charge >= 0.3 is 5.97 Å². The van der Waals surface area contributed by atoms with Crippen molar-refractivity contribution in [3.05, 3.63) is 41.4 Å². The summed E-state index contributed by atoms with van der Waals surface area (Å²) in [5.41, 5.74) is 2.94. The Morgan fingerprint density at radius 1 is 1.27 bits per heavy atom. The largest absolute Gasteiger partial charge is 0.462 e. The average Bonchev–Trinajstić information content (AvgIpc) is 3.01. The van der Waals surface area contributed by atoms with Gasteiger partial charge in [-0.25, -0.2) is 0 Å². The molecular formula is C25H34ClN2O2+. The number of benzene rings is 1. The first-order chi connectivity index (χ1) is 14.4. The summed E-state index contributed by atoms with van der Waals surface area (Å²) < 4.78 is 5.97. The van der Waals surface area contributed by atoms with Crippen molar-refractivity contribution in [3.63, 3.8) is 0 Å². The number of carbonyl (C=O) groups excluding carboxylic acids is 1. The lowest BCUT2D eigenvalue weighted by atomic mass is 9.55. The Morgan fingerprint density at radius 2 is 2.00 bits per heavy atom. The van der Waals surface area contributed by atoms with Crippen LogP contribution in [0.4, 0.5) is 5.69 Å². The molecule has 0 aromatic heterocycles. The predicted octanol–water partition coefficient (Wildman–Crippen LogP) is 3.36. The van der Waals surface area contributed by atoms with Gasteiger partial charge in [0.2, 0.25) is 0 Å². The molecular weight excluding hydrogens is 396 g/mol. The molecule has 2 aliphatic heterocycles. The number of ether oxygens (including phenoxy) is 1. The van der Waals surface area contributed by atoms with Crippen molar-refractivity contribution in [2.45, 2.75) is 45.1 Å². The fraction of sp³-hybridized carbons (Fsp3) is 0.640. The van der Waals surface area contributed by atoms with Crippen LogP contribution >= 0.6 is 11.6 Å². The molecule has 1 aromatic rings. The summed E-state index contributed by atoms with van der Waals surface area (Å²) in [5, 5.41) is 0.779. The van der Waals surface area contributed by atoms with Gasteiger partial charge in [-0.3, -0.25) is 4.79 Å². The van der Waals surface area contributed by atoms with Crippen LogP contribution in [0, 0.1) is 23.2 Å². The average molecular weight is 430 g/mol. The molecule has 5 rings (SSSR count). The molecule has 5 atom stereocenters. The van der Waals surface area contributed by atoms with E-state index in [0.29, 0.717) is 11.8 Å². The number of fused-ring (bicyclic) bond motifs is 2. The van der Waals surface area contributed by atoms with E-state index in [-0.39, 0.29) is 23.4 Å². The normalized spacial score (nSPS) is 36.9. The third-order valence-electron chi connectivity index (χ3n) is 8.49. The molecule has 0 bridgehead atoms. The van der Waals surface area contributed by atoms with Crippen LogP contribution in [0.1, 0.15) is 39.0 Å². The number of hydrogen-bond acceptors (Lipinski definition) is 3. The highest BCUT2D eigenvalue weighted by molar-refractivity contribution is 6.30. The molecule has 4 aliphatic rings. The van der Waals surface area contributed by atoms with Crippen LogP contribution in [-0.2, 0) is 9.53 Å². The zero-order chi connectivity index (χ0) is 20.9. The van der Waals surface area contributed by atoms with Crippen LogP contribution in [0.3, 0.4) is 0 Å². The molecule has 5 heteroatoms. The molecule has 4 nitrogen and oxygen atoms in total. The summed E-state index contributed by atoms with van der Waals surface area (Å²) in [5.74, 6) is 1.07. The van der Waals surface area contributed by atoms with Crippen molar-refractivity contribution in [2.75, 3.05) is 37.6 Å². The summed E-state index contributed by atoms with van der Waals surface area (Å²) in [6.07, 6.45) is 5.91. The van der Waals surface area contributed by atoms with E-state index < -0.39 is 0 Å². The number of anilines is 1. The highest BCUT2D eigenvalue weighted by Gasteiger charge is 2.56. The van der Waals surface area contributed by atoms with E-state index in [2.05, 4.69) is 30.5 Å². The van der Waals surface area contributed by atoms with Gasteiger partial charge in [-0.2, -0.15) is 0 Å². The fourth-order valence-corrected chi connectivity index (χ4v) is 6.86. The molecule has 0 radical (unpaired) electrons. The lowest BCUT2D eigenvalue weighted by Gasteiger charge is -2.50. The minimum Gasteiger partial charge on any atom is -0.462 e. The molecule has 0 unspecified atom stereocenters. The van der Waals surface area contributed by atoms with Crippen molar-refractivity contribution >= 4 is 23.3 Å². The third-order valence-corrected chi connectivity index (χ3v) is 8.74. The van der Waals surface area contributed by atoms with Crippen molar-refractivity contribution < 1.29 is 14.4 Å². The molecule has 30 heavy (non-hydrogen) atoms. The number of rotatable bonds is 3. The zero-order valence-electron chi connectivity index (χ0n) is 18.0. The van der Waals surface area contributed by atoms with Gasteiger partial charge in [0.1, 0.15) is 12.0 Å². The number of quaternary nitrogens is 1. The van der Waals surface area contributed by atoms with Gasteiger partial charge in [0.25, 0.3) is 0 Å². The molecule has 162 valence electrons. The maximum Gasteiger partial charge on any atom is 0.315 e. The number of hydrogen-bond donors (Lipinski definition) is 1. The number of nitrogens with one attached hydrogen (secondary N) is 1. The Kier molecular flexibility index (Phi) is 5.35. The lowest BCUT2D eigenvalue weighted by Crippen LogP contribution is -3.15. The molecule has 2 heterocycles. The van der Waals surface area contributed by atoms with E-state index >= 15 is 0 Å². The Bertz CT molecular complexity index is 817. The molecule has 2 aliphatic carbocycles. The van der Waals surface area contributed by atoms with Crippen molar-refractivity contribution in [1.29, 1.82) is 0 Å². The number of esters is 1. The SMILES string of the molecule is C=C1CCC[C@]2(C)C[C@H]3OC(=O)[C@@H](C[NH+]4CCN(c5ccc(Cl)cc5)CC4)[C@H]3C[C@@H]12. The molecule has 1 aromatic carbocycles. The first-order valence-corrected chi connectivity index (χ1v) is 12.0. The molecule has 2 saturated heterocycles. The van der Waals surface area contributed by atoms with Gasteiger partial charge in [-0.1, -0.05) is 30.7 Å². The second kappa shape index (κ2) is 7.87. The van der Waals surface area contributed by atoms with Crippen LogP contribution in [0.2, 0.25) is 5.02 Å².